The largest absolute Gasteiger partial charge is 0.359 e. The summed E-state index contributed by atoms with van der Waals surface area (Å²) in [5, 5.41) is 15.4. The molecule has 108 valence electrons. The SMILES string of the molecule is CCn1cc(CNC(=S)NCc2cnn(CC)c2)cn1. The number of thiocarbonyl (C=S) groups is 1. The first-order valence-electron chi connectivity index (χ1n) is 6.75. The minimum Gasteiger partial charge on any atom is -0.359 e. The van der Waals surface area contributed by atoms with Crippen molar-refractivity contribution >= 4 is 17.3 Å². The zero-order chi connectivity index (χ0) is 14.4. The minimum atomic E-state index is 0.637. The Bertz CT molecular complexity index is 510. The van der Waals surface area contributed by atoms with E-state index in [4.69, 9.17) is 12.2 Å². The average Bonchev–Trinajstić information content (AvgIpc) is 3.11. The van der Waals surface area contributed by atoms with Crippen molar-refractivity contribution in [2.24, 2.45) is 0 Å². The fourth-order valence-corrected chi connectivity index (χ4v) is 1.91. The molecule has 0 bridgehead atoms. The molecule has 2 aromatic heterocycles. The summed E-state index contributed by atoms with van der Waals surface area (Å²) in [5.41, 5.74) is 2.24. The van der Waals surface area contributed by atoms with Crippen LogP contribution in [-0.4, -0.2) is 24.7 Å². The van der Waals surface area contributed by atoms with E-state index < -0.39 is 0 Å². The molecular weight excluding hydrogens is 272 g/mol. The second-order valence-electron chi connectivity index (χ2n) is 4.44. The first-order valence-corrected chi connectivity index (χ1v) is 7.16. The lowest BCUT2D eigenvalue weighted by Gasteiger charge is -2.08. The van der Waals surface area contributed by atoms with Crippen LogP contribution in [0.25, 0.3) is 0 Å². The van der Waals surface area contributed by atoms with Crippen molar-refractivity contribution in [2.45, 2.75) is 40.0 Å². The fraction of sp³-hybridized carbons (Fsp3) is 0.462. The molecule has 7 heteroatoms. The van der Waals surface area contributed by atoms with Gasteiger partial charge in [-0.15, -0.1) is 0 Å². The third-order valence-electron chi connectivity index (χ3n) is 2.93. The fourth-order valence-electron chi connectivity index (χ4n) is 1.77. The van der Waals surface area contributed by atoms with Crippen molar-refractivity contribution in [3.05, 3.63) is 35.9 Å². The Morgan fingerprint density at radius 3 is 1.80 bits per heavy atom. The molecule has 0 aliphatic carbocycles. The Kier molecular flexibility index (Phi) is 5.11. The third kappa shape index (κ3) is 4.06. The van der Waals surface area contributed by atoms with Crippen LogP contribution in [0.2, 0.25) is 0 Å². The maximum Gasteiger partial charge on any atom is 0.166 e. The summed E-state index contributed by atoms with van der Waals surface area (Å²) in [6, 6.07) is 0. The van der Waals surface area contributed by atoms with E-state index in [2.05, 4.69) is 34.7 Å². The van der Waals surface area contributed by atoms with E-state index in [1.54, 1.807) is 0 Å². The van der Waals surface area contributed by atoms with E-state index in [0.29, 0.717) is 18.2 Å². The van der Waals surface area contributed by atoms with Crippen molar-refractivity contribution in [3.8, 4) is 0 Å². The van der Waals surface area contributed by atoms with Crippen molar-refractivity contribution < 1.29 is 0 Å². The molecule has 2 rings (SSSR count). The maximum absolute atomic E-state index is 5.25. The lowest BCUT2D eigenvalue weighted by molar-refractivity contribution is 0.658. The second-order valence-corrected chi connectivity index (χ2v) is 4.85. The number of nitrogens with zero attached hydrogens (tertiary/aromatic N) is 4. The van der Waals surface area contributed by atoms with Crippen LogP contribution < -0.4 is 10.6 Å². The third-order valence-corrected chi connectivity index (χ3v) is 3.22. The summed E-state index contributed by atoms with van der Waals surface area (Å²) in [5.74, 6) is 0. The van der Waals surface area contributed by atoms with Gasteiger partial charge in [-0.3, -0.25) is 9.36 Å². The van der Waals surface area contributed by atoms with Crippen LogP contribution in [0.5, 0.6) is 0 Å². The Morgan fingerprint density at radius 2 is 1.45 bits per heavy atom. The van der Waals surface area contributed by atoms with Crippen molar-refractivity contribution in [3.63, 3.8) is 0 Å². The quantitative estimate of drug-likeness (QED) is 0.786. The van der Waals surface area contributed by atoms with Crippen molar-refractivity contribution in [1.29, 1.82) is 0 Å². The van der Waals surface area contributed by atoms with Crippen molar-refractivity contribution in [2.75, 3.05) is 0 Å². The van der Waals surface area contributed by atoms with Gasteiger partial charge in [-0.1, -0.05) is 0 Å². The Labute approximate surface area is 124 Å². The Morgan fingerprint density at radius 1 is 1.00 bits per heavy atom. The molecular formula is C13H20N6S. The van der Waals surface area contributed by atoms with Gasteiger partial charge in [0.1, 0.15) is 0 Å². The van der Waals surface area contributed by atoms with Gasteiger partial charge in [0.2, 0.25) is 0 Å². The van der Waals surface area contributed by atoms with Crippen LogP contribution in [0.4, 0.5) is 0 Å². The van der Waals surface area contributed by atoms with E-state index in [0.717, 1.165) is 24.2 Å². The Balaban J connectivity index is 1.72. The molecule has 0 atom stereocenters. The molecule has 0 aromatic carbocycles. The van der Waals surface area contributed by atoms with E-state index >= 15 is 0 Å². The van der Waals surface area contributed by atoms with Crippen LogP contribution in [0, 0.1) is 0 Å². The van der Waals surface area contributed by atoms with E-state index in [-0.39, 0.29) is 0 Å². The van der Waals surface area contributed by atoms with E-state index in [1.165, 1.54) is 0 Å². The van der Waals surface area contributed by atoms with E-state index in [1.807, 2.05) is 34.2 Å². The van der Waals surface area contributed by atoms with Crippen LogP contribution in [0.15, 0.2) is 24.8 Å². The van der Waals surface area contributed by atoms with E-state index in [9.17, 15) is 0 Å². The van der Waals surface area contributed by atoms with Gasteiger partial charge in [-0.05, 0) is 26.1 Å². The molecule has 0 saturated heterocycles. The number of aromatic nitrogens is 4. The summed E-state index contributed by atoms with van der Waals surface area (Å²) < 4.78 is 3.79. The van der Waals surface area contributed by atoms with Crippen LogP contribution >= 0.6 is 12.2 Å². The highest BCUT2D eigenvalue weighted by atomic mass is 32.1. The summed E-state index contributed by atoms with van der Waals surface area (Å²) in [6.07, 6.45) is 7.73. The zero-order valence-electron chi connectivity index (χ0n) is 11.8. The van der Waals surface area contributed by atoms with Gasteiger partial charge >= 0.3 is 0 Å². The molecule has 2 heterocycles. The second kappa shape index (κ2) is 7.04. The zero-order valence-corrected chi connectivity index (χ0v) is 12.7. The van der Waals surface area contributed by atoms with Crippen LogP contribution in [-0.2, 0) is 26.2 Å². The number of hydrogen-bond acceptors (Lipinski definition) is 3. The normalized spacial score (nSPS) is 10.5. The molecule has 0 unspecified atom stereocenters. The minimum absolute atomic E-state index is 0.637. The first kappa shape index (κ1) is 14.5. The molecule has 0 aliphatic rings. The average molecular weight is 292 g/mol. The molecule has 0 amide bonds. The lowest BCUT2D eigenvalue weighted by Crippen LogP contribution is -2.34. The maximum atomic E-state index is 5.25. The lowest BCUT2D eigenvalue weighted by atomic mass is 10.3. The highest BCUT2D eigenvalue weighted by Gasteiger charge is 2.01. The van der Waals surface area contributed by atoms with Crippen molar-refractivity contribution in [1.82, 2.24) is 30.2 Å². The van der Waals surface area contributed by atoms with Gasteiger partial charge in [0.05, 0.1) is 12.4 Å². The summed E-state index contributed by atoms with van der Waals surface area (Å²) >= 11 is 5.25. The molecule has 2 aromatic rings. The molecule has 0 spiro atoms. The van der Waals surface area contributed by atoms with Gasteiger partial charge < -0.3 is 10.6 Å². The Hall–Kier alpha value is -1.89. The van der Waals surface area contributed by atoms with Gasteiger partial charge in [0.25, 0.3) is 0 Å². The molecule has 0 saturated carbocycles. The summed E-state index contributed by atoms with van der Waals surface area (Å²) in [4.78, 5) is 0. The topological polar surface area (TPSA) is 59.7 Å². The number of hydrogen-bond donors (Lipinski definition) is 2. The first-order chi connectivity index (χ1) is 9.71. The summed E-state index contributed by atoms with van der Waals surface area (Å²) in [7, 11) is 0. The van der Waals surface area contributed by atoms with Gasteiger partial charge in [-0.25, -0.2) is 0 Å². The van der Waals surface area contributed by atoms with Gasteiger partial charge in [0, 0.05) is 49.7 Å². The van der Waals surface area contributed by atoms with Crippen LogP contribution in [0.3, 0.4) is 0 Å². The number of aryl methyl sites for hydroxylation is 2. The predicted molar refractivity (Wildman–Crippen MR) is 82.1 cm³/mol. The number of nitrogens with one attached hydrogen (secondary N) is 2. The molecule has 2 N–H and O–H groups in total. The molecule has 0 fully saturated rings. The highest BCUT2D eigenvalue weighted by Crippen LogP contribution is 1.98. The number of rotatable bonds is 6. The summed E-state index contributed by atoms with van der Waals surface area (Å²) in [6.45, 7) is 7.24. The van der Waals surface area contributed by atoms with Crippen LogP contribution in [0.1, 0.15) is 25.0 Å². The standard InChI is InChI=1S/C13H20N6S/c1-3-18-9-11(7-16-18)5-14-13(20)15-6-12-8-17-19(4-2)10-12/h7-10H,3-6H2,1-2H3,(H2,14,15,20). The molecule has 6 nitrogen and oxygen atoms in total. The predicted octanol–water partition coefficient (Wildman–Crippen LogP) is 1.28. The molecule has 0 aliphatic heterocycles. The van der Waals surface area contributed by atoms with Gasteiger partial charge in [0.15, 0.2) is 5.11 Å². The monoisotopic (exact) mass is 292 g/mol. The smallest absolute Gasteiger partial charge is 0.166 e. The molecule has 0 radical (unpaired) electrons. The molecule has 20 heavy (non-hydrogen) atoms. The highest BCUT2D eigenvalue weighted by molar-refractivity contribution is 7.80. The van der Waals surface area contributed by atoms with Gasteiger partial charge in [-0.2, -0.15) is 10.2 Å².